The van der Waals surface area contributed by atoms with E-state index in [0.29, 0.717) is 17.2 Å². The lowest BCUT2D eigenvalue weighted by atomic mass is 9.97. The van der Waals surface area contributed by atoms with Crippen LogP contribution >= 0.6 is 7.82 Å². The minimum atomic E-state index is -6.38. The smallest absolute Gasteiger partial charge is 0.463 e. The molecule has 0 radical (unpaired) electrons. The van der Waals surface area contributed by atoms with Crippen LogP contribution in [0.15, 0.2) is 60.7 Å². The Labute approximate surface area is 588 Å². The number of phosphoric ester groups is 1. The Morgan fingerprint density at radius 2 is 0.735 bits per heavy atom. The third kappa shape index (κ3) is 25.2. The van der Waals surface area contributed by atoms with Gasteiger partial charge in [-0.1, -0.05) is 80.3 Å². The molecule has 19 atom stereocenters. The van der Waals surface area contributed by atoms with Crippen LogP contribution in [0.3, 0.4) is 0 Å². The first-order chi connectivity index (χ1) is 47.9. The van der Waals surface area contributed by atoms with Gasteiger partial charge in [0.15, 0.2) is 61.4 Å². The molecule has 0 spiro atoms. The number of ether oxygens (including phenoxy) is 20. The molecule has 102 heavy (non-hydrogen) atoms. The van der Waals surface area contributed by atoms with E-state index in [9.17, 15) is 57.6 Å². The first-order valence-electron chi connectivity index (χ1n) is 32.2. The molecular formula is C65H89O35PSi. The number of esters is 11. The summed E-state index contributed by atoms with van der Waals surface area (Å²) in [7, 11) is -8.50. The fourth-order valence-electron chi connectivity index (χ4n) is 11.1. The molecule has 568 valence electrons. The molecule has 4 heterocycles. The summed E-state index contributed by atoms with van der Waals surface area (Å²) in [5, 5.41) is 0. The first kappa shape index (κ1) is 83.5. The van der Waals surface area contributed by atoms with E-state index in [4.69, 9.17) is 104 Å². The van der Waals surface area contributed by atoms with Crippen LogP contribution in [0.25, 0.3) is 0 Å². The first-order valence-corrected chi connectivity index (χ1v) is 37.4. The average Bonchev–Trinajstić information content (AvgIpc) is 1.27. The van der Waals surface area contributed by atoms with E-state index in [0.717, 1.165) is 76.2 Å². The van der Waals surface area contributed by atoms with E-state index in [1.165, 1.54) is 0 Å². The quantitative estimate of drug-likeness (QED) is 0.0447. The number of phosphoric acid groups is 1. The predicted molar refractivity (Wildman–Crippen MR) is 340 cm³/mol. The zero-order valence-corrected chi connectivity index (χ0v) is 60.8. The molecule has 4 fully saturated rings. The number of hydrogen-bond donors (Lipinski definition) is 1. The molecule has 4 aliphatic rings. The van der Waals surface area contributed by atoms with Crippen LogP contribution in [-0.2, 0) is 174 Å². The highest BCUT2D eigenvalue weighted by atomic mass is 31.2. The van der Waals surface area contributed by atoms with Crippen LogP contribution in [0, 0.1) is 0 Å². The van der Waals surface area contributed by atoms with Crippen molar-refractivity contribution in [3.05, 3.63) is 71.8 Å². The van der Waals surface area contributed by atoms with E-state index in [2.05, 4.69) is 0 Å². The molecule has 1 N–H and O–H groups in total. The Bertz CT molecular complexity index is 3260. The van der Waals surface area contributed by atoms with Gasteiger partial charge in [-0.3, -0.25) is 61.8 Å². The largest absolute Gasteiger partial charge is 0.475 e. The lowest BCUT2D eigenvalue weighted by Gasteiger charge is -2.49. The van der Waals surface area contributed by atoms with Crippen molar-refractivity contribution in [1.82, 2.24) is 0 Å². The molecule has 0 aromatic heterocycles. The summed E-state index contributed by atoms with van der Waals surface area (Å²) >= 11 is 0. The van der Waals surface area contributed by atoms with E-state index >= 15 is 4.57 Å². The van der Waals surface area contributed by atoms with Gasteiger partial charge in [0, 0.05) is 90.8 Å². The lowest BCUT2D eigenvalue weighted by molar-refractivity contribution is -0.376. The van der Waals surface area contributed by atoms with Gasteiger partial charge in [-0.2, -0.15) is 0 Å². The second-order valence-corrected chi connectivity index (χ2v) is 32.1. The molecule has 6 rings (SSSR count). The van der Waals surface area contributed by atoms with Gasteiger partial charge in [0.25, 0.3) is 0 Å². The van der Waals surface area contributed by atoms with E-state index < -0.39 is 237 Å². The van der Waals surface area contributed by atoms with Crippen LogP contribution in [0.4, 0.5) is 0 Å². The van der Waals surface area contributed by atoms with Gasteiger partial charge in [0.1, 0.15) is 76.3 Å². The summed E-state index contributed by atoms with van der Waals surface area (Å²) in [6.45, 7) is 10.5. The highest BCUT2D eigenvalue weighted by Gasteiger charge is 2.67. The summed E-state index contributed by atoms with van der Waals surface area (Å²) in [6.07, 6.45) is -32.2. The highest BCUT2D eigenvalue weighted by Crippen LogP contribution is 2.53. The van der Waals surface area contributed by atoms with Gasteiger partial charge < -0.3 is 99.6 Å². The zero-order valence-electron chi connectivity index (χ0n) is 58.9. The van der Waals surface area contributed by atoms with Gasteiger partial charge >= 0.3 is 73.5 Å². The van der Waals surface area contributed by atoms with Crippen molar-refractivity contribution in [3.63, 3.8) is 0 Å². The Morgan fingerprint density at radius 1 is 0.402 bits per heavy atom. The van der Waals surface area contributed by atoms with Crippen LogP contribution < -0.4 is 0 Å². The van der Waals surface area contributed by atoms with Crippen LogP contribution in [0.2, 0.25) is 25.7 Å². The maximum Gasteiger partial charge on any atom is 0.475 e. The Morgan fingerprint density at radius 3 is 1.10 bits per heavy atom. The van der Waals surface area contributed by atoms with Gasteiger partial charge in [0.2, 0.25) is 11.6 Å². The maximum atomic E-state index is 16.0. The van der Waals surface area contributed by atoms with Gasteiger partial charge in [-0.25, -0.2) is 4.57 Å². The van der Waals surface area contributed by atoms with Gasteiger partial charge in [0.05, 0.1) is 13.2 Å². The van der Waals surface area contributed by atoms with E-state index in [1.54, 1.807) is 60.7 Å². The third-order valence-corrected chi connectivity index (χ3v) is 17.9. The second kappa shape index (κ2) is 37.8. The summed E-state index contributed by atoms with van der Waals surface area (Å²) in [5.41, 5.74) is 0.959. The normalized spacial score (nSPS) is 29.7. The monoisotopic (exact) mass is 1490 g/mol. The lowest BCUT2D eigenvalue weighted by Crippen LogP contribution is -2.66. The standard InChI is InChI=1S/C65H89O35PSi/c1-35(66)80-29-48-52(88-41(7)72)56(92-45(11)76)58(97-64(33-86-39(5)70)60(84-27-46-21-17-15-18-22-46)54(90-43(9)74)50(95-64)31-82-37(3)68)63(94-48)100-101(77,78)99-57-53(89-42(8)73)49(30-81-36(2)67)93-62(79-25-26-102(12,13)14)59(57)98-65(34-87-40(6)71)61(85-28-47-23-19-16-20-24-47)55(91-44(10)75)51(96-65)32-83-38(4)69/h15-24,48-63H,25-34H2,1-14H3,(H,77,78)/t48-,49-,50-,51-,52+,53+,54-,55-,56+,57+,58-,59-,60+,61+,62-,63-,64+,65+/m1/s1. The van der Waals surface area contributed by atoms with Crippen LogP contribution in [-0.4, -0.2) is 234 Å². The molecule has 0 amide bonds. The topological polar surface area (TPSA) is 428 Å². The molecular weight excluding hydrogens is 1400 g/mol. The van der Waals surface area contributed by atoms with Crippen molar-refractivity contribution in [2.45, 2.75) is 225 Å². The van der Waals surface area contributed by atoms with E-state index in [-0.39, 0.29) is 13.2 Å². The van der Waals surface area contributed by atoms with Crippen molar-refractivity contribution in [2.75, 3.05) is 46.2 Å². The number of benzene rings is 2. The second-order valence-electron chi connectivity index (χ2n) is 25.1. The summed E-state index contributed by atoms with van der Waals surface area (Å²) in [5.74, 6) is -16.5. The van der Waals surface area contributed by atoms with Crippen molar-refractivity contribution < 1.29 is 166 Å². The molecule has 0 bridgehead atoms. The van der Waals surface area contributed by atoms with Crippen LogP contribution in [0.1, 0.15) is 87.3 Å². The molecule has 1 unspecified atom stereocenters. The number of rotatable bonds is 35. The minimum Gasteiger partial charge on any atom is -0.463 e. The Balaban J connectivity index is 1.65. The SMILES string of the molecule is CC(=O)OC[C@H]1O[C@H](OP(=O)(O)O[C@H]2[C@@H](OC(C)=O)[C@@H](COC(C)=O)O[C@@H](OCC[Si](C)(C)C)[C@@H]2O[C@]2(COC(C)=O)O[C@H](COC(C)=O)[C@@H](OC(C)=O)[C@@H]2OCc2ccccc2)[C@H](O[C@]2(COC(C)=O)O[C@H](COC(C)=O)[C@@H](OC(C)=O)[C@@H]2OCc2ccccc2)[C@@H](OC(C)=O)[C@H]1OC(C)=O. The van der Waals surface area contributed by atoms with Crippen molar-refractivity contribution in [1.29, 1.82) is 0 Å². The Hall–Kier alpha value is -7.42. The van der Waals surface area contributed by atoms with Gasteiger partial charge in [-0.15, -0.1) is 0 Å². The fraction of sp³-hybridized carbons (Fsp3) is 0.646. The van der Waals surface area contributed by atoms with E-state index in [1.807, 2.05) is 19.6 Å². The molecule has 0 saturated carbocycles. The zero-order chi connectivity index (χ0) is 75.4. The summed E-state index contributed by atoms with van der Waals surface area (Å²) in [6, 6.07) is 17.0. The molecule has 4 aliphatic heterocycles. The maximum absolute atomic E-state index is 16.0. The number of carbonyl (C=O) groups is 11. The molecule has 4 saturated heterocycles. The minimum absolute atomic E-state index is 0.206. The van der Waals surface area contributed by atoms with Crippen LogP contribution in [0.5, 0.6) is 0 Å². The molecule has 0 aliphatic carbocycles. The van der Waals surface area contributed by atoms with Crippen molar-refractivity contribution in [3.8, 4) is 0 Å². The summed E-state index contributed by atoms with van der Waals surface area (Å²) < 4.78 is 150. The number of hydrogen-bond acceptors (Lipinski definition) is 34. The van der Waals surface area contributed by atoms with Crippen molar-refractivity contribution >= 4 is 81.6 Å². The van der Waals surface area contributed by atoms with Crippen molar-refractivity contribution in [2.24, 2.45) is 0 Å². The summed E-state index contributed by atoms with van der Waals surface area (Å²) in [4.78, 5) is 156. The highest BCUT2D eigenvalue weighted by molar-refractivity contribution is 7.47. The molecule has 37 heteroatoms. The number of carbonyl (C=O) groups excluding carboxylic acids is 11. The Kier molecular flexibility index (Phi) is 31.0. The molecule has 2 aromatic rings. The average molecular weight is 1490 g/mol. The molecule has 35 nitrogen and oxygen atoms in total. The molecule has 2 aromatic carbocycles. The fourth-order valence-corrected chi connectivity index (χ4v) is 12.9. The predicted octanol–water partition coefficient (Wildman–Crippen LogP) is 3.46. The van der Waals surface area contributed by atoms with Gasteiger partial charge in [-0.05, 0) is 17.2 Å². The third-order valence-electron chi connectivity index (χ3n) is 15.2.